The Morgan fingerprint density at radius 3 is 2.65 bits per heavy atom. The van der Waals surface area contributed by atoms with E-state index in [0.717, 1.165) is 41.5 Å². The van der Waals surface area contributed by atoms with Crippen LogP contribution in [0.2, 0.25) is 5.02 Å². The van der Waals surface area contributed by atoms with Crippen molar-refractivity contribution in [3.8, 4) is 5.75 Å². The van der Waals surface area contributed by atoms with Crippen molar-refractivity contribution in [1.82, 2.24) is 9.78 Å². The maximum absolute atomic E-state index is 6.37. The van der Waals surface area contributed by atoms with Crippen LogP contribution in [0.4, 0.5) is 0 Å². The summed E-state index contributed by atoms with van der Waals surface area (Å²) in [5.41, 5.74) is 3.16. The van der Waals surface area contributed by atoms with Crippen LogP contribution < -0.4 is 4.74 Å². The molecule has 108 valence electrons. The second-order valence-electron chi connectivity index (χ2n) is 4.67. The highest BCUT2D eigenvalue weighted by Gasteiger charge is 2.14. The quantitative estimate of drug-likeness (QED) is 0.795. The monoisotopic (exact) mass is 292 g/mol. The molecular formula is C16H21ClN2O. The van der Waals surface area contributed by atoms with E-state index >= 15 is 0 Å². The largest absolute Gasteiger partial charge is 0.487 e. The molecule has 0 unspecified atom stereocenters. The number of rotatable bonds is 6. The number of aryl methyl sites for hydroxylation is 3. The molecule has 3 nitrogen and oxygen atoms in total. The average Bonchev–Trinajstić information content (AvgIpc) is 2.81. The van der Waals surface area contributed by atoms with E-state index in [1.54, 1.807) is 0 Å². The maximum atomic E-state index is 6.37. The smallest absolute Gasteiger partial charge is 0.131 e. The van der Waals surface area contributed by atoms with Crippen LogP contribution in [-0.4, -0.2) is 9.78 Å². The lowest BCUT2D eigenvalue weighted by molar-refractivity contribution is 0.292. The van der Waals surface area contributed by atoms with Crippen LogP contribution in [0.3, 0.4) is 0 Å². The van der Waals surface area contributed by atoms with Gasteiger partial charge in [0.15, 0.2) is 0 Å². The number of halogens is 1. The van der Waals surface area contributed by atoms with E-state index in [9.17, 15) is 0 Å². The molecule has 20 heavy (non-hydrogen) atoms. The van der Waals surface area contributed by atoms with Gasteiger partial charge in [-0.3, -0.25) is 4.68 Å². The number of nitrogens with zero attached hydrogens (tertiary/aromatic N) is 2. The number of benzene rings is 1. The van der Waals surface area contributed by atoms with Gasteiger partial charge in [0, 0.05) is 6.54 Å². The van der Waals surface area contributed by atoms with Crippen molar-refractivity contribution in [2.75, 3.05) is 0 Å². The highest BCUT2D eigenvalue weighted by atomic mass is 35.5. The van der Waals surface area contributed by atoms with Gasteiger partial charge in [-0.05, 0) is 37.5 Å². The Kier molecular flexibility index (Phi) is 5.07. The van der Waals surface area contributed by atoms with Crippen LogP contribution in [0.1, 0.15) is 37.7 Å². The Hall–Kier alpha value is -1.48. The lowest BCUT2D eigenvalue weighted by Crippen LogP contribution is -2.06. The van der Waals surface area contributed by atoms with Gasteiger partial charge in [0.2, 0.25) is 0 Å². The zero-order valence-electron chi connectivity index (χ0n) is 12.3. The van der Waals surface area contributed by atoms with Gasteiger partial charge in [-0.15, -0.1) is 0 Å². The molecule has 0 spiro atoms. The molecule has 1 heterocycles. The summed E-state index contributed by atoms with van der Waals surface area (Å²) in [7, 11) is 0. The Balaban J connectivity index is 2.15. The molecule has 0 fully saturated rings. The van der Waals surface area contributed by atoms with E-state index in [4.69, 9.17) is 16.3 Å². The molecule has 0 N–H and O–H groups in total. The third-order valence-electron chi connectivity index (χ3n) is 3.38. The molecule has 1 aromatic carbocycles. The molecule has 1 aromatic heterocycles. The normalized spacial score (nSPS) is 10.8. The van der Waals surface area contributed by atoms with Crippen LogP contribution in [-0.2, 0) is 26.0 Å². The minimum Gasteiger partial charge on any atom is -0.487 e. The summed E-state index contributed by atoms with van der Waals surface area (Å²) in [6, 6.07) is 8.16. The number of hydrogen-bond acceptors (Lipinski definition) is 2. The number of aromatic nitrogens is 2. The molecule has 2 rings (SSSR count). The van der Waals surface area contributed by atoms with Crippen LogP contribution in [0.15, 0.2) is 24.3 Å². The lowest BCUT2D eigenvalue weighted by Gasteiger charge is -2.09. The first-order valence-electron chi connectivity index (χ1n) is 7.15. The fourth-order valence-corrected chi connectivity index (χ4v) is 2.49. The third kappa shape index (κ3) is 3.15. The number of ether oxygens (including phenoxy) is 1. The van der Waals surface area contributed by atoms with Gasteiger partial charge in [-0.2, -0.15) is 5.10 Å². The summed E-state index contributed by atoms with van der Waals surface area (Å²) < 4.78 is 7.79. The second kappa shape index (κ2) is 6.80. The first-order chi connectivity index (χ1) is 9.69. The molecule has 0 radical (unpaired) electrons. The molecule has 0 aliphatic heterocycles. The van der Waals surface area contributed by atoms with Crippen LogP contribution in [0.5, 0.6) is 5.75 Å². The zero-order chi connectivity index (χ0) is 14.5. The van der Waals surface area contributed by atoms with E-state index in [1.807, 2.05) is 16.8 Å². The van der Waals surface area contributed by atoms with Crippen molar-refractivity contribution in [3.05, 3.63) is 46.2 Å². The molecule has 0 bridgehead atoms. The highest BCUT2D eigenvalue weighted by molar-refractivity contribution is 6.31. The fraction of sp³-hybridized carbons (Fsp3) is 0.438. The van der Waals surface area contributed by atoms with Crippen molar-refractivity contribution in [2.24, 2.45) is 0 Å². The van der Waals surface area contributed by atoms with E-state index < -0.39 is 0 Å². The van der Waals surface area contributed by atoms with Crippen molar-refractivity contribution in [1.29, 1.82) is 0 Å². The molecule has 2 aromatic rings. The first-order valence-corrected chi connectivity index (χ1v) is 7.53. The van der Waals surface area contributed by atoms with E-state index in [0.29, 0.717) is 6.61 Å². The predicted molar refractivity (Wildman–Crippen MR) is 82.4 cm³/mol. The third-order valence-corrected chi connectivity index (χ3v) is 3.81. The summed E-state index contributed by atoms with van der Waals surface area (Å²) in [4.78, 5) is 0. The Morgan fingerprint density at radius 2 is 2.00 bits per heavy atom. The SMILES string of the molecule is CCc1cccc(OCc2c(Cl)c(CC)nn2CC)c1. The van der Waals surface area contributed by atoms with Gasteiger partial charge in [0.05, 0.1) is 16.4 Å². The average molecular weight is 293 g/mol. The predicted octanol–water partition coefficient (Wildman–Crippen LogP) is 4.26. The summed E-state index contributed by atoms with van der Waals surface area (Å²) in [5.74, 6) is 0.877. The minimum absolute atomic E-state index is 0.451. The van der Waals surface area contributed by atoms with Crippen molar-refractivity contribution in [3.63, 3.8) is 0 Å². The van der Waals surface area contributed by atoms with Gasteiger partial charge >= 0.3 is 0 Å². The highest BCUT2D eigenvalue weighted by Crippen LogP contribution is 2.23. The minimum atomic E-state index is 0.451. The summed E-state index contributed by atoms with van der Waals surface area (Å²) >= 11 is 6.37. The zero-order valence-corrected chi connectivity index (χ0v) is 13.1. The maximum Gasteiger partial charge on any atom is 0.131 e. The molecular weight excluding hydrogens is 272 g/mol. The van der Waals surface area contributed by atoms with E-state index in [1.165, 1.54) is 5.56 Å². The molecule has 4 heteroatoms. The van der Waals surface area contributed by atoms with E-state index in [2.05, 4.69) is 38.0 Å². The van der Waals surface area contributed by atoms with Crippen LogP contribution in [0, 0.1) is 0 Å². The summed E-state index contributed by atoms with van der Waals surface area (Å²) in [6.07, 6.45) is 1.84. The number of hydrogen-bond donors (Lipinski definition) is 0. The van der Waals surface area contributed by atoms with Gasteiger partial charge in [0.25, 0.3) is 0 Å². The first kappa shape index (κ1) is 14.9. The fourth-order valence-electron chi connectivity index (χ4n) is 2.16. The van der Waals surface area contributed by atoms with Gasteiger partial charge in [-0.1, -0.05) is 37.6 Å². The Morgan fingerprint density at radius 1 is 1.20 bits per heavy atom. The molecule has 0 saturated heterocycles. The molecule has 0 atom stereocenters. The van der Waals surface area contributed by atoms with Gasteiger partial charge < -0.3 is 4.74 Å². The van der Waals surface area contributed by atoms with Crippen LogP contribution in [0.25, 0.3) is 0 Å². The molecule has 0 saturated carbocycles. The van der Waals surface area contributed by atoms with Crippen molar-refractivity contribution < 1.29 is 4.74 Å². The Labute approximate surface area is 125 Å². The molecule has 0 aliphatic rings. The lowest BCUT2D eigenvalue weighted by atomic mass is 10.2. The van der Waals surface area contributed by atoms with E-state index in [-0.39, 0.29) is 0 Å². The van der Waals surface area contributed by atoms with Crippen LogP contribution >= 0.6 is 11.6 Å². The summed E-state index contributed by atoms with van der Waals surface area (Å²) in [6.45, 7) is 7.50. The van der Waals surface area contributed by atoms with Gasteiger partial charge in [0.1, 0.15) is 12.4 Å². The van der Waals surface area contributed by atoms with Crippen molar-refractivity contribution >= 4 is 11.6 Å². The molecule has 0 amide bonds. The van der Waals surface area contributed by atoms with Crippen molar-refractivity contribution in [2.45, 2.75) is 46.8 Å². The standard InChI is InChI=1S/C16H21ClN2O/c1-4-12-8-7-9-13(10-12)20-11-15-16(17)14(5-2)18-19(15)6-3/h7-10H,4-6,11H2,1-3H3. The topological polar surface area (TPSA) is 27.1 Å². The molecule has 0 aliphatic carbocycles. The Bertz CT molecular complexity index is 578. The second-order valence-corrected chi connectivity index (χ2v) is 5.04. The van der Waals surface area contributed by atoms with Gasteiger partial charge in [-0.25, -0.2) is 0 Å². The summed E-state index contributed by atoms with van der Waals surface area (Å²) in [5, 5.41) is 5.23.